The van der Waals surface area contributed by atoms with E-state index in [1.807, 2.05) is 30.3 Å². The van der Waals surface area contributed by atoms with Gasteiger partial charge in [-0.2, -0.15) is 4.39 Å². The number of carbonyl (C=O) groups excluding carboxylic acids is 2. The van der Waals surface area contributed by atoms with Crippen LogP contribution in [0.5, 0.6) is 0 Å². The predicted molar refractivity (Wildman–Crippen MR) is 91.8 cm³/mol. The van der Waals surface area contributed by atoms with Crippen LogP contribution in [0.2, 0.25) is 0 Å². The number of rotatable bonds is 4. The Labute approximate surface area is 144 Å². The van der Waals surface area contributed by atoms with Gasteiger partial charge < -0.3 is 0 Å². The van der Waals surface area contributed by atoms with Gasteiger partial charge in [-0.3, -0.25) is 15.0 Å². The van der Waals surface area contributed by atoms with Crippen molar-refractivity contribution >= 4 is 17.5 Å². The molecule has 2 aromatic carbocycles. The molecule has 0 unspecified atom stereocenters. The number of hydrogen-bond acceptors (Lipinski definition) is 2. The predicted octanol–water partition coefficient (Wildman–Crippen LogP) is 3.30. The molecule has 6 heteroatoms. The molecule has 25 heavy (non-hydrogen) atoms. The maximum Gasteiger partial charge on any atom is 0.387 e. The number of amides is 2. The maximum absolute atomic E-state index is 13.8. The number of halogens is 1. The van der Waals surface area contributed by atoms with Gasteiger partial charge in [-0.1, -0.05) is 36.4 Å². The van der Waals surface area contributed by atoms with Crippen molar-refractivity contribution in [3.05, 3.63) is 70.3 Å². The highest BCUT2D eigenvalue weighted by atomic mass is 19.1. The molecule has 1 aliphatic rings. The fourth-order valence-electron chi connectivity index (χ4n) is 2.54. The molecule has 0 aliphatic heterocycles. The molecular formula is C19H17FN3O2+. The van der Waals surface area contributed by atoms with E-state index in [1.54, 1.807) is 0 Å². The van der Waals surface area contributed by atoms with E-state index in [-0.39, 0.29) is 29.6 Å². The molecule has 2 aromatic rings. The molecule has 126 valence electrons. The fraction of sp³-hybridized carbons (Fsp3) is 0.211. The summed E-state index contributed by atoms with van der Waals surface area (Å²) in [6.07, 6.45) is 1.71. The third-order valence-corrected chi connectivity index (χ3v) is 3.93. The first-order valence-electron chi connectivity index (χ1n) is 7.96. The molecule has 0 saturated heterocycles. The quantitative estimate of drug-likeness (QED) is 0.870. The van der Waals surface area contributed by atoms with Crippen LogP contribution in [0.4, 0.5) is 10.1 Å². The van der Waals surface area contributed by atoms with E-state index in [0.29, 0.717) is 0 Å². The second-order valence-corrected chi connectivity index (χ2v) is 5.87. The standard InChI is InChI=1S/C19H16FN3O2/c1-21-18-15(8-5-9-16(18)20)19(25)23(14-10-11-14)22-17(24)12-13-6-3-2-4-7-13/h1-9,14H,10-12H2/p+1. The molecule has 0 spiro atoms. The highest BCUT2D eigenvalue weighted by molar-refractivity contribution is 6.01. The zero-order chi connectivity index (χ0) is 17.8. The Bertz CT molecular complexity index is 841. The average molecular weight is 338 g/mol. The molecule has 5 nitrogen and oxygen atoms in total. The monoisotopic (exact) mass is 338 g/mol. The SMILES string of the molecule is C#[N+]c1c(F)cccc1C(=O)N(NC(=O)Cc1ccccc1)C1CC1. The second kappa shape index (κ2) is 7.14. The molecule has 1 N–H and O–H groups in total. The topological polar surface area (TPSA) is 53.8 Å². The van der Waals surface area contributed by atoms with E-state index in [1.165, 1.54) is 23.2 Å². The van der Waals surface area contributed by atoms with Gasteiger partial charge in [0, 0.05) is 0 Å². The van der Waals surface area contributed by atoms with Crippen molar-refractivity contribution in [2.24, 2.45) is 0 Å². The lowest BCUT2D eigenvalue weighted by Gasteiger charge is -2.22. The minimum absolute atomic E-state index is 0.0226. The van der Waals surface area contributed by atoms with Gasteiger partial charge in [0.05, 0.1) is 12.5 Å². The third kappa shape index (κ3) is 3.83. The maximum atomic E-state index is 13.8. The molecule has 0 heterocycles. The summed E-state index contributed by atoms with van der Waals surface area (Å²) in [7, 11) is 0. The number of nitrogens with one attached hydrogen (secondary N) is 1. The van der Waals surface area contributed by atoms with Crippen molar-refractivity contribution in [1.82, 2.24) is 10.4 Å². The molecule has 1 saturated carbocycles. The van der Waals surface area contributed by atoms with Crippen LogP contribution in [0.15, 0.2) is 48.5 Å². The summed E-state index contributed by atoms with van der Waals surface area (Å²) in [5.74, 6) is -1.51. The van der Waals surface area contributed by atoms with E-state index >= 15 is 0 Å². The molecular weight excluding hydrogens is 321 g/mol. The number of benzene rings is 2. The smallest absolute Gasteiger partial charge is 0.273 e. The lowest BCUT2D eigenvalue weighted by atomic mass is 10.1. The fourth-order valence-corrected chi connectivity index (χ4v) is 2.54. The Morgan fingerprint density at radius 1 is 1.16 bits per heavy atom. The Kier molecular flexibility index (Phi) is 4.75. The largest absolute Gasteiger partial charge is 0.387 e. The highest BCUT2D eigenvalue weighted by Crippen LogP contribution is 2.30. The van der Waals surface area contributed by atoms with Crippen molar-refractivity contribution in [2.75, 3.05) is 0 Å². The van der Waals surface area contributed by atoms with Crippen LogP contribution >= 0.6 is 0 Å². The molecule has 0 bridgehead atoms. The van der Waals surface area contributed by atoms with Crippen LogP contribution in [-0.2, 0) is 11.2 Å². The number of nitrogens with zero attached hydrogens (tertiary/aromatic N) is 2. The summed E-state index contributed by atoms with van der Waals surface area (Å²) < 4.78 is 13.8. The number of para-hydroxylation sites is 1. The van der Waals surface area contributed by atoms with Crippen molar-refractivity contribution < 1.29 is 14.0 Å². The first-order valence-corrected chi connectivity index (χ1v) is 7.96. The third-order valence-electron chi connectivity index (χ3n) is 3.93. The van der Waals surface area contributed by atoms with Crippen molar-refractivity contribution in [3.8, 4) is 6.57 Å². The molecule has 0 radical (unpaired) electrons. The zero-order valence-electron chi connectivity index (χ0n) is 13.5. The normalized spacial score (nSPS) is 13.0. The van der Waals surface area contributed by atoms with Gasteiger partial charge in [0.2, 0.25) is 11.7 Å². The van der Waals surface area contributed by atoms with Gasteiger partial charge in [0.1, 0.15) is 5.56 Å². The van der Waals surface area contributed by atoms with Crippen LogP contribution in [0, 0.1) is 12.4 Å². The first-order chi connectivity index (χ1) is 12.1. The summed E-state index contributed by atoms with van der Waals surface area (Å²) in [5.41, 5.74) is 3.29. The minimum atomic E-state index is -0.681. The van der Waals surface area contributed by atoms with Gasteiger partial charge >= 0.3 is 5.69 Å². The van der Waals surface area contributed by atoms with Crippen molar-refractivity contribution in [1.29, 1.82) is 0 Å². The van der Waals surface area contributed by atoms with Gasteiger partial charge in [-0.25, -0.2) is 5.01 Å². The summed E-state index contributed by atoms with van der Waals surface area (Å²) in [6, 6.07) is 13.1. The Morgan fingerprint density at radius 2 is 1.88 bits per heavy atom. The van der Waals surface area contributed by atoms with Crippen LogP contribution in [-0.4, -0.2) is 22.9 Å². The molecule has 2 amide bonds. The minimum Gasteiger partial charge on any atom is -0.273 e. The molecule has 3 rings (SSSR count). The van der Waals surface area contributed by atoms with Gasteiger partial charge in [-0.15, -0.1) is 0 Å². The summed E-state index contributed by atoms with van der Waals surface area (Å²) in [5, 5.41) is 1.26. The van der Waals surface area contributed by atoms with Gasteiger partial charge in [-0.05, 0) is 35.4 Å². The van der Waals surface area contributed by atoms with E-state index in [2.05, 4.69) is 10.3 Å². The number of hydrazine groups is 1. The molecule has 1 fully saturated rings. The van der Waals surface area contributed by atoms with Crippen LogP contribution < -0.4 is 5.43 Å². The van der Waals surface area contributed by atoms with Gasteiger partial charge in [0.25, 0.3) is 12.5 Å². The van der Waals surface area contributed by atoms with E-state index < -0.39 is 11.7 Å². The van der Waals surface area contributed by atoms with E-state index in [9.17, 15) is 14.0 Å². The van der Waals surface area contributed by atoms with Crippen molar-refractivity contribution in [3.63, 3.8) is 0 Å². The lowest BCUT2D eigenvalue weighted by molar-refractivity contribution is -0.124. The zero-order valence-corrected chi connectivity index (χ0v) is 13.5. The number of hydrogen-bond donors (Lipinski definition) is 1. The summed E-state index contributed by atoms with van der Waals surface area (Å²) in [4.78, 5) is 28.4. The second-order valence-electron chi connectivity index (χ2n) is 5.87. The van der Waals surface area contributed by atoms with Crippen molar-refractivity contribution in [2.45, 2.75) is 25.3 Å². The number of carbonyl (C=O) groups is 2. The molecule has 0 aromatic heterocycles. The Hall–Kier alpha value is -3.20. The first kappa shape index (κ1) is 16.7. The van der Waals surface area contributed by atoms with Crippen LogP contribution in [0.3, 0.4) is 0 Å². The Morgan fingerprint density at radius 3 is 2.52 bits per heavy atom. The van der Waals surface area contributed by atoms with E-state index in [4.69, 9.17) is 6.57 Å². The van der Waals surface area contributed by atoms with Gasteiger partial charge in [0.15, 0.2) is 0 Å². The molecule has 0 atom stereocenters. The summed E-state index contributed by atoms with van der Waals surface area (Å²) in [6.45, 7) is 5.21. The summed E-state index contributed by atoms with van der Waals surface area (Å²) >= 11 is 0. The highest BCUT2D eigenvalue weighted by Gasteiger charge is 2.37. The van der Waals surface area contributed by atoms with Crippen LogP contribution in [0.1, 0.15) is 28.8 Å². The Balaban J connectivity index is 1.78. The molecule has 1 aliphatic carbocycles. The average Bonchev–Trinajstić information content (AvgIpc) is 3.44. The lowest BCUT2D eigenvalue weighted by Crippen LogP contribution is -2.48. The van der Waals surface area contributed by atoms with E-state index in [0.717, 1.165) is 18.4 Å². The van der Waals surface area contributed by atoms with Crippen LogP contribution in [0.25, 0.3) is 4.85 Å².